The van der Waals surface area contributed by atoms with Gasteiger partial charge in [-0.05, 0) is 24.3 Å². The highest BCUT2D eigenvalue weighted by molar-refractivity contribution is 6.30. The van der Waals surface area contributed by atoms with E-state index in [1.165, 1.54) is 0 Å². The van der Waals surface area contributed by atoms with Crippen molar-refractivity contribution in [3.8, 4) is 0 Å². The number of carboxylic acids is 2. The van der Waals surface area contributed by atoms with E-state index < -0.39 is 17.6 Å². The summed E-state index contributed by atoms with van der Waals surface area (Å²) < 4.78 is 0. The number of nitrogens with one attached hydrogen (secondary N) is 1. The number of rotatable bonds is 6. The summed E-state index contributed by atoms with van der Waals surface area (Å²) in [5.74, 6) is -2.43. The first-order chi connectivity index (χ1) is 8.33. The average Bonchev–Trinajstić information content (AvgIpc) is 2.29. The molecule has 0 aliphatic heterocycles. The first-order valence-electron chi connectivity index (χ1n) is 5.11. The van der Waals surface area contributed by atoms with Crippen molar-refractivity contribution >= 4 is 29.2 Å². The maximum Gasteiger partial charge on any atom is 0.344 e. The molecule has 0 radical (unpaired) electrons. The van der Waals surface area contributed by atoms with Crippen LogP contribution in [0.1, 0.15) is 12.8 Å². The molecule has 7 heteroatoms. The molecule has 0 heterocycles. The largest absolute Gasteiger partial charge is 0.481 e. The van der Waals surface area contributed by atoms with Gasteiger partial charge in [0, 0.05) is 23.6 Å². The summed E-state index contributed by atoms with van der Waals surface area (Å²) in [6.45, 7) is 0. The molecular weight excluding hydrogens is 260 g/mol. The van der Waals surface area contributed by atoms with E-state index in [-0.39, 0.29) is 12.8 Å². The number of benzene rings is 1. The SMILES string of the molecule is N[C@](CCC(=O)O)(Nc1ccc(Cl)cc1)C(=O)O. The summed E-state index contributed by atoms with van der Waals surface area (Å²) in [5.41, 5.74) is 4.28. The highest BCUT2D eigenvalue weighted by atomic mass is 35.5. The normalized spacial score (nSPS) is 13.7. The van der Waals surface area contributed by atoms with E-state index in [0.717, 1.165) is 0 Å². The summed E-state index contributed by atoms with van der Waals surface area (Å²) in [7, 11) is 0. The molecule has 0 saturated heterocycles. The lowest BCUT2D eigenvalue weighted by Gasteiger charge is -2.26. The number of carboxylic acid groups (broad SMARTS) is 2. The fourth-order valence-electron chi connectivity index (χ4n) is 1.32. The number of aliphatic carboxylic acids is 2. The van der Waals surface area contributed by atoms with Crippen LogP contribution in [0, 0.1) is 0 Å². The van der Waals surface area contributed by atoms with Gasteiger partial charge in [0.05, 0.1) is 0 Å². The van der Waals surface area contributed by atoms with E-state index in [2.05, 4.69) is 5.32 Å². The monoisotopic (exact) mass is 272 g/mol. The van der Waals surface area contributed by atoms with Crippen LogP contribution in [0.15, 0.2) is 24.3 Å². The fraction of sp³-hybridized carbons (Fsp3) is 0.273. The van der Waals surface area contributed by atoms with Crippen molar-refractivity contribution in [2.24, 2.45) is 5.73 Å². The minimum Gasteiger partial charge on any atom is -0.481 e. The molecule has 0 fully saturated rings. The highest BCUT2D eigenvalue weighted by Gasteiger charge is 2.34. The molecular formula is C11H13ClN2O4. The second kappa shape index (κ2) is 5.70. The quantitative estimate of drug-likeness (QED) is 0.582. The van der Waals surface area contributed by atoms with Gasteiger partial charge < -0.3 is 15.5 Å². The van der Waals surface area contributed by atoms with Gasteiger partial charge >= 0.3 is 11.9 Å². The second-order valence-corrected chi connectivity index (χ2v) is 4.24. The molecule has 6 nitrogen and oxygen atoms in total. The molecule has 0 aliphatic carbocycles. The van der Waals surface area contributed by atoms with Crippen molar-refractivity contribution < 1.29 is 19.8 Å². The van der Waals surface area contributed by atoms with E-state index in [0.29, 0.717) is 10.7 Å². The highest BCUT2D eigenvalue weighted by Crippen LogP contribution is 2.19. The maximum absolute atomic E-state index is 11.1. The minimum atomic E-state index is -1.83. The Morgan fingerprint density at radius 2 is 1.83 bits per heavy atom. The predicted octanol–water partition coefficient (Wildman–Crippen LogP) is 1.36. The number of anilines is 1. The molecule has 0 amide bonds. The van der Waals surface area contributed by atoms with Crippen LogP contribution < -0.4 is 11.1 Å². The average molecular weight is 273 g/mol. The minimum absolute atomic E-state index is 0.236. The van der Waals surface area contributed by atoms with Crippen molar-refractivity contribution in [1.82, 2.24) is 0 Å². The fourth-order valence-corrected chi connectivity index (χ4v) is 1.44. The third-order valence-corrected chi connectivity index (χ3v) is 2.58. The van der Waals surface area contributed by atoms with Crippen LogP contribution in [0.4, 0.5) is 5.69 Å². The molecule has 0 spiro atoms. The van der Waals surface area contributed by atoms with Gasteiger partial charge in [0.25, 0.3) is 0 Å². The first kappa shape index (κ1) is 14.3. The van der Waals surface area contributed by atoms with Crippen molar-refractivity contribution in [3.63, 3.8) is 0 Å². The number of halogens is 1. The van der Waals surface area contributed by atoms with E-state index in [1.807, 2.05) is 0 Å². The molecule has 1 atom stereocenters. The van der Waals surface area contributed by atoms with Crippen LogP contribution in [-0.2, 0) is 9.59 Å². The lowest BCUT2D eigenvalue weighted by molar-refractivity contribution is -0.143. The molecule has 1 rings (SSSR count). The summed E-state index contributed by atoms with van der Waals surface area (Å²) in [5, 5.41) is 20.7. The summed E-state index contributed by atoms with van der Waals surface area (Å²) in [6, 6.07) is 6.27. The predicted molar refractivity (Wildman–Crippen MR) is 66.5 cm³/mol. The number of carbonyl (C=O) groups is 2. The molecule has 98 valence electrons. The summed E-state index contributed by atoms with van der Waals surface area (Å²) in [6.07, 6.45) is -0.580. The molecule has 1 aromatic rings. The topological polar surface area (TPSA) is 113 Å². The Kier molecular flexibility index (Phi) is 4.52. The van der Waals surface area contributed by atoms with Gasteiger partial charge in [-0.3, -0.25) is 10.5 Å². The summed E-state index contributed by atoms with van der Waals surface area (Å²) >= 11 is 5.70. The van der Waals surface area contributed by atoms with Gasteiger partial charge in [0.1, 0.15) is 0 Å². The van der Waals surface area contributed by atoms with Crippen molar-refractivity contribution in [2.75, 3.05) is 5.32 Å². The van der Waals surface area contributed by atoms with Crippen molar-refractivity contribution in [2.45, 2.75) is 18.5 Å². The lowest BCUT2D eigenvalue weighted by Crippen LogP contribution is -2.55. The molecule has 0 bridgehead atoms. The number of hydrogen-bond acceptors (Lipinski definition) is 4. The van der Waals surface area contributed by atoms with Crippen LogP contribution in [-0.4, -0.2) is 27.8 Å². The Balaban J connectivity index is 2.82. The van der Waals surface area contributed by atoms with Gasteiger partial charge in [-0.25, -0.2) is 4.79 Å². The summed E-state index contributed by atoms with van der Waals surface area (Å²) in [4.78, 5) is 21.6. The smallest absolute Gasteiger partial charge is 0.344 e. The van der Waals surface area contributed by atoms with E-state index >= 15 is 0 Å². The third-order valence-electron chi connectivity index (χ3n) is 2.33. The van der Waals surface area contributed by atoms with Crippen LogP contribution in [0.2, 0.25) is 5.02 Å². The zero-order valence-corrected chi connectivity index (χ0v) is 10.1. The van der Waals surface area contributed by atoms with Crippen molar-refractivity contribution in [1.29, 1.82) is 0 Å². The molecule has 18 heavy (non-hydrogen) atoms. The van der Waals surface area contributed by atoms with E-state index in [9.17, 15) is 9.59 Å². The molecule has 0 aromatic heterocycles. The van der Waals surface area contributed by atoms with Gasteiger partial charge in [0.15, 0.2) is 5.66 Å². The van der Waals surface area contributed by atoms with Gasteiger partial charge in [-0.15, -0.1) is 0 Å². The number of nitrogens with two attached hydrogens (primary N) is 1. The Morgan fingerprint density at radius 3 is 2.28 bits per heavy atom. The van der Waals surface area contributed by atoms with Gasteiger partial charge in [-0.1, -0.05) is 11.6 Å². The Bertz CT molecular complexity index is 449. The molecule has 0 aliphatic rings. The third kappa shape index (κ3) is 3.90. The van der Waals surface area contributed by atoms with E-state index in [4.69, 9.17) is 27.5 Å². The second-order valence-electron chi connectivity index (χ2n) is 3.80. The Labute approximate surface area is 108 Å². The van der Waals surface area contributed by atoms with Crippen LogP contribution >= 0.6 is 11.6 Å². The maximum atomic E-state index is 11.1. The van der Waals surface area contributed by atoms with Gasteiger partial charge in [-0.2, -0.15) is 0 Å². The van der Waals surface area contributed by atoms with Crippen molar-refractivity contribution in [3.05, 3.63) is 29.3 Å². The molecule has 0 saturated carbocycles. The zero-order chi connectivity index (χ0) is 13.8. The van der Waals surface area contributed by atoms with Crippen LogP contribution in [0.5, 0.6) is 0 Å². The van der Waals surface area contributed by atoms with Crippen LogP contribution in [0.25, 0.3) is 0 Å². The number of hydrogen-bond donors (Lipinski definition) is 4. The standard InChI is InChI=1S/C11H13ClN2O4/c12-7-1-3-8(4-2-7)14-11(13,10(17)18)6-5-9(15)16/h1-4,14H,5-6,13H2,(H,15,16)(H,17,18)/t11-/m1/s1. The molecule has 0 unspecified atom stereocenters. The zero-order valence-electron chi connectivity index (χ0n) is 9.39. The first-order valence-corrected chi connectivity index (χ1v) is 5.49. The van der Waals surface area contributed by atoms with Crippen LogP contribution in [0.3, 0.4) is 0 Å². The lowest BCUT2D eigenvalue weighted by atomic mass is 10.0. The Hall–Kier alpha value is -1.79. The van der Waals surface area contributed by atoms with Gasteiger partial charge in [0.2, 0.25) is 0 Å². The molecule has 5 N–H and O–H groups in total. The molecule has 1 aromatic carbocycles. The van der Waals surface area contributed by atoms with E-state index in [1.54, 1.807) is 24.3 Å². The Morgan fingerprint density at radius 1 is 1.28 bits per heavy atom.